The summed E-state index contributed by atoms with van der Waals surface area (Å²) in [7, 11) is 0. The number of benzene rings is 1. The van der Waals surface area contributed by atoms with Crippen LogP contribution in [-0.4, -0.2) is 23.1 Å². The van der Waals surface area contributed by atoms with Gasteiger partial charge in [0.1, 0.15) is 11.9 Å². The maximum absolute atomic E-state index is 13.3. The van der Waals surface area contributed by atoms with Crippen molar-refractivity contribution >= 4 is 17.7 Å². The average molecular weight is 290 g/mol. The molecule has 3 N–H and O–H groups in total. The number of anilines is 1. The van der Waals surface area contributed by atoms with Crippen molar-refractivity contribution in [3.05, 3.63) is 29.6 Å². The molecular weight excluding hydrogens is 277 g/mol. The third-order valence-electron chi connectivity index (χ3n) is 2.48. The summed E-state index contributed by atoms with van der Waals surface area (Å²) in [5, 5.41) is 12.9. The number of amides is 2. The fourth-order valence-electron chi connectivity index (χ4n) is 1.43. The highest BCUT2D eigenvalue weighted by Gasteiger charge is 2.24. The van der Waals surface area contributed by atoms with Gasteiger partial charge in [0.2, 0.25) is 0 Å². The Hall–Kier alpha value is -2.25. The van der Waals surface area contributed by atoms with Gasteiger partial charge in [-0.05, 0) is 5.92 Å². The smallest absolute Gasteiger partial charge is 0.326 e. The van der Waals surface area contributed by atoms with Crippen LogP contribution in [0.5, 0.6) is 0 Å². The van der Waals surface area contributed by atoms with Gasteiger partial charge in [-0.15, -0.1) is 0 Å². The van der Waals surface area contributed by atoms with Gasteiger partial charge in [-0.1, -0.05) is 13.8 Å². The van der Waals surface area contributed by atoms with Crippen molar-refractivity contribution in [2.75, 3.05) is 5.32 Å². The van der Waals surface area contributed by atoms with Crippen LogP contribution in [0.1, 0.15) is 13.8 Å². The largest absolute Gasteiger partial charge is 0.480 e. The molecule has 5 nitrogen and oxygen atoms in total. The number of hydrogen-bond donors (Lipinski definition) is 3. The van der Waals surface area contributed by atoms with E-state index in [1.807, 2.05) is 5.32 Å². The summed E-state index contributed by atoms with van der Waals surface area (Å²) < 4.78 is 38.9. The zero-order valence-corrected chi connectivity index (χ0v) is 10.7. The van der Waals surface area contributed by atoms with E-state index in [0.29, 0.717) is 6.07 Å². The first kappa shape index (κ1) is 15.8. The Balaban J connectivity index is 2.81. The van der Waals surface area contributed by atoms with E-state index < -0.39 is 47.1 Å². The normalized spacial score (nSPS) is 12.1. The van der Waals surface area contributed by atoms with Gasteiger partial charge < -0.3 is 15.7 Å². The van der Waals surface area contributed by atoms with Gasteiger partial charge >= 0.3 is 12.0 Å². The molecule has 1 unspecified atom stereocenters. The summed E-state index contributed by atoms with van der Waals surface area (Å²) in [6.07, 6.45) is 0. The molecule has 1 aromatic carbocycles. The summed E-state index contributed by atoms with van der Waals surface area (Å²) in [5.41, 5.74) is -0.589. The lowest BCUT2D eigenvalue weighted by atomic mass is 10.1. The van der Waals surface area contributed by atoms with Gasteiger partial charge in [0, 0.05) is 12.1 Å². The van der Waals surface area contributed by atoms with Gasteiger partial charge in [-0.3, -0.25) is 0 Å². The average Bonchev–Trinajstić information content (AvgIpc) is 2.32. The third-order valence-corrected chi connectivity index (χ3v) is 2.48. The molecule has 0 aliphatic heterocycles. The second-order valence-corrected chi connectivity index (χ2v) is 4.40. The summed E-state index contributed by atoms with van der Waals surface area (Å²) in [5.74, 6) is -5.57. The van der Waals surface area contributed by atoms with Gasteiger partial charge in [0.05, 0.1) is 5.69 Å². The topological polar surface area (TPSA) is 78.4 Å². The first-order chi connectivity index (χ1) is 9.22. The van der Waals surface area contributed by atoms with Crippen molar-refractivity contribution in [3.8, 4) is 0 Å². The number of carbonyl (C=O) groups excluding carboxylic acids is 1. The molecule has 0 radical (unpaired) electrons. The highest BCUT2D eigenvalue weighted by molar-refractivity contribution is 5.92. The van der Waals surface area contributed by atoms with E-state index in [0.717, 1.165) is 0 Å². The van der Waals surface area contributed by atoms with Crippen LogP contribution in [0, 0.1) is 23.4 Å². The Morgan fingerprint density at radius 1 is 1.10 bits per heavy atom. The molecule has 0 aliphatic rings. The van der Waals surface area contributed by atoms with Crippen LogP contribution >= 0.6 is 0 Å². The number of carbonyl (C=O) groups is 2. The van der Waals surface area contributed by atoms with Crippen LogP contribution in [-0.2, 0) is 4.79 Å². The Kier molecular flexibility index (Phi) is 4.95. The zero-order chi connectivity index (χ0) is 15.4. The van der Waals surface area contributed by atoms with Crippen molar-refractivity contribution < 1.29 is 27.9 Å². The minimum absolute atomic E-state index is 0.280. The number of rotatable bonds is 4. The van der Waals surface area contributed by atoms with Gasteiger partial charge in [-0.25, -0.2) is 22.8 Å². The second-order valence-electron chi connectivity index (χ2n) is 4.40. The van der Waals surface area contributed by atoms with Crippen LogP contribution < -0.4 is 10.6 Å². The number of carboxylic acids is 1. The highest BCUT2D eigenvalue weighted by atomic mass is 19.2. The fourth-order valence-corrected chi connectivity index (χ4v) is 1.43. The fraction of sp³-hybridized carbons (Fsp3) is 0.333. The quantitative estimate of drug-likeness (QED) is 0.745. The van der Waals surface area contributed by atoms with Crippen LogP contribution in [0.3, 0.4) is 0 Å². The molecule has 0 bridgehead atoms. The van der Waals surface area contributed by atoms with E-state index in [1.165, 1.54) is 0 Å². The van der Waals surface area contributed by atoms with Crippen molar-refractivity contribution in [2.45, 2.75) is 19.9 Å². The molecule has 110 valence electrons. The molecule has 1 atom stereocenters. The Morgan fingerprint density at radius 3 is 2.15 bits per heavy atom. The molecule has 1 rings (SSSR count). The molecule has 0 spiro atoms. The molecule has 0 fully saturated rings. The summed E-state index contributed by atoms with van der Waals surface area (Å²) in [4.78, 5) is 22.4. The van der Waals surface area contributed by atoms with Crippen molar-refractivity contribution in [2.24, 2.45) is 5.92 Å². The maximum Gasteiger partial charge on any atom is 0.326 e. The highest BCUT2D eigenvalue weighted by Crippen LogP contribution is 2.18. The predicted molar refractivity (Wildman–Crippen MR) is 64.7 cm³/mol. The van der Waals surface area contributed by atoms with Gasteiger partial charge in [0.15, 0.2) is 11.6 Å². The molecule has 0 saturated heterocycles. The predicted octanol–water partition coefficient (Wildman–Crippen LogP) is 2.33. The molecule has 0 aromatic heterocycles. The first-order valence-corrected chi connectivity index (χ1v) is 5.67. The monoisotopic (exact) mass is 290 g/mol. The summed E-state index contributed by atoms with van der Waals surface area (Å²) >= 11 is 0. The first-order valence-electron chi connectivity index (χ1n) is 5.67. The van der Waals surface area contributed by atoms with Crippen molar-refractivity contribution in [1.29, 1.82) is 0 Å². The standard InChI is InChI=1S/C12H13F3N2O3/c1-5(2)10(11(18)19)17-12(20)16-9-4-7(14)6(13)3-8(9)15/h3-5,10H,1-2H3,(H,18,19)(H2,16,17,20). The molecule has 20 heavy (non-hydrogen) atoms. The van der Waals surface area contributed by atoms with Crippen LogP contribution in [0.15, 0.2) is 12.1 Å². The zero-order valence-electron chi connectivity index (χ0n) is 10.7. The Bertz CT molecular complexity index is 535. The molecule has 2 amide bonds. The number of aliphatic carboxylic acids is 1. The molecular formula is C12H13F3N2O3. The van der Waals surface area contributed by atoms with Crippen LogP contribution in [0.25, 0.3) is 0 Å². The Morgan fingerprint density at radius 2 is 1.65 bits per heavy atom. The van der Waals surface area contributed by atoms with Crippen LogP contribution in [0.2, 0.25) is 0 Å². The number of hydrogen-bond acceptors (Lipinski definition) is 2. The van der Waals surface area contributed by atoms with E-state index in [1.54, 1.807) is 13.8 Å². The Labute approximate surface area is 112 Å². The van der Waals surface area contributed by atoms with Crippen molar-refractivity contribution in [1.82, 2.24) is 5.32 Å². The molecule has 0 heterocycles. The van der Waals surface area contributed by atoms with E-state index in [4.69, 9.17) is 5.11 Å². The minimum Gasteiger partial charge on any atom is -0.480 e. The minimum atomic E-state index is -1.39. The number of nitrogens with one attached hydrogen (secondary N) is 2. The van der Waals surface area contributed by atoms with Gasteiger partial charge in [0.25, 0.3) is 0 Å². The van der Waals surface area contributed by atoms with E-state index in [9.17, 15) is 22.8 Å². The number of carboxylic acid groups (broad SMARTS) is 1. The van der Waals surface area contributed by atoms with Crippen molar-refractivity contribution in [3.63, 3.8) is 0 Å². The second kappa shape index (κ2) is 6.27. The number of urea groups is 1. The number of halogens is 3. The maximum atomic E-state index is 13.3. The summed E-state index contributed by atoms with van der Waals surface area (Å²) in [6.45, 7) is 3.13. The molecule has 0 aliphatic carbocycles. The molecule has 8 heteroatoms. The van der Waals surface area contributed by atoms with E-state index in [-0.39, 0.29) is 6.07 Å². The molecule has 1 aromatic rings. The van der Waals surface area contributed by atoms with E-state index in [2.05, 4.69) is 5.32 Å². The lowest BCUT2D eigenvalue weighted by Crippen LogP contribution is -2.46. The summed E-state index contributed by atoms with van der Waals surface area (Å²) in [6, 6.07) is -1.48. The lowest BCUT2D eigenvalue weighted by Gasteiger charge is -2.18. The lowest BCUT2D eigenvalue weighted by molar-refractivity contribution is -0.140. The van der Waals surface area contributed by atoms with E-state index >= 15 is 0 Å². The van der Waals surface area contributed by atoms with Gasteiger partial charge in [-0.2, -0.15) is 0 Å². The SMILES string of the molecule is CC(C)C(NC(=O)Nc1cc(F)c(F)cc1F)C(=O)O. The third kappa shape index (κ3) is 3.87. The molecule has 0 saturated carbocycles. The van der Waals surface area contributed by atoms with Crippen LogP contribution in [0.4, 0.5) is 23.7 Å².